The quantitative estimate of drug-likeness (QED) is 0.709. The van der Waals surface area contributed by atoms with Crippen molar-refractivity contribution in [1.82, 2.24) is 4.31 Å². The Morgan fingerprint density at radius 3 is 2.54 bits per heavy atom. The van der Waals surface area contributed by atoms with E-state index in [1.54, 1.807) is 7.05 Å². The van der Waals surface area contributed by atoms with E-state index in [0.717, 1.165) is 0 Å². The first-order chi connectivity index (χ1) is 13.2. The van der Waals surface area contributed by atoms with Gasteiger partial charge < -0.3 is 4.90 Å². The van der Waals surface area contributed by atoms with Crippen molar-refractivity contribution in [1.29, 1.82) is 0 Å². The lowest BCUT2D eigenvalue weighted by atomic mass is 9.98. The summed E-state index contributed by atoms with van der Waals surface area (Å²) < 4.78 is 40.4. The van der Waals surface area contributed by atoms with E-state index in [1.165, 1.54) is 51.7 Å². The topological polar surface area (TPSA) is 57.7 Å². The van der Waals surface area contributed by atoms with Crippen molar-refractivity contribution in [2.75, 3.05) is 25.0 Å². The van der Waals surface area contributed by atoms with Crippen molar-refractivity contribution in [3.63, 3.8) is 0 Å². The van der Waals surface area contributed by atoms with Crippen LogP contribution in [0.15, 0.2) is 47.4 Å². The van der Waals surface area contributed by atoms with Crippen molar-refractivity contribution in [2.45, 2.75) is 17.7 Å². The summed E-state index contributed by atoms with van der Waals surface area (Å²) in [5.74, 6) is -1.11. The molecule has 0 aliphatic carbocycles. The van der Waals surface area contributed by atoms with Gasteiger partial charge in [0.15, 0.2) is 0 Å². The van der Waals surface area contributed by atoms with E-state index in [1.807, 2.05) is 0 Å². The number of halogens is 3. The highest BCUT2D eigenvalue weighted by Gasteiger charge is 2.35. The number of sulfonamides is 1. The van der Waals surface area contributed by atoms with Gasteiger partial charge in [-0.3, -0.25) is 4.79 Å². The average Bonchev–Trinajstić information content (AvgIpc) is 2.69. The van der Waals surface area contributed by atoms with E-state index in [2.05, 4.69) is 0 Å². The molecule has 1 heterocycles. The fourth-order valence-corrected chi connectivity index (χ4v) is 5.50. The molecule has 0 saturated carbocycles. The van der Waals surface area contributed by atoms with E-state index in [4.69, 9.17) is 23.2 Å². The van der Waals surface area contributed by atoms with Gasteiger partial charge in [0.05, 0.1) is 10.9 Å². The van der Waals surface area contributed by atoms with Gasteiger partial charge in [-0.2, -0.15) is 4.31 Å². The Kier molecular flexibility index (Phi) is 6.29. The van der Waals surface area contributed by atoms with Crippen molar-refractivity contribution in [2.24, 2.45) is 5.92 Å². The van der Waals surface area contributed by atoms with Crippen LogP contribution in [-0.2, 0) is 14.8 Å². The second kappa shape index (κ2) is 8.37. The molecule has 0 aromatic heterocycles. The van der Waals surface area contributed by atoms with Gasteiger partial charge in [-0.15, -0.1) is 0 Å². The number of hydrogen-bond donors (Lipinski definition) is 0. The molecular weight excluding hydrogens is 426 g/mol. The predicted octanol–water partition coefficient (Wildman–Crippen LogP) is 4.20. The standard InChI is InChI=1S/C19H19Cl2FN2O3S/c1-23(16-7-5-15(22)6-8-16)19(25)13-3-2-10-24(12-13)28(26,27)18-11-14(20)4-9-17(18)21/h4-9,11,13H,2-3,10,12H2,1H3. The highest BCUT2D eigenvalue weighted by molar-refractivity contribution is 7.89. The van der Waals surface area contributed by atoms with Gasteiger partial charge in [0.25, 0.3) is 0 Å². The van der Waals surface area contributed by atoms with Crippen LogP contribution >= 0.6 is 23.2 Å². The van der Waals surface area contributed by atoms with Crippen molar-refractivity contribution in [3.05, 3.63) is 58.3 Å². The molecule has 3 rings (SSSR count). The molecule has 1 saturated heterocycles. The van der Waals surface area contributed by atoms with Crippen LogP contribution in [0, 0.1) is 11.7 Å². The summed E-state index contributed by atoms with van der Waals surface area (Å²) in [5.41, 5.74) is 0.546. The normalized spacial score (nSPS) is 18.1. The summed E-state index contributed by atoms with van der Waals surface area (Å²) >= 11 is 12.0. The number of amides is 1. The van der Waals surface area contributed by atoms with E-state index >= 15 is 0 Å². The molecule has 2 aromatic carbocycles. The molecule has 5 nitrogen and oxygen atoms in total. The highest BCUT2D eigenvalue weighted by Crippen LogP contribution is 2.31. The van der Waals surface area contributed by atoms with Crippen LogP contribution in [0.5, 0.6) is 0 Å². The summed E-state index contributed by atoms with van der Waals surface area (Å²) in [4.78, 5) is 14.2. The number of rotatable bonds is 4. The largest absolute Gasteiger partial charge is 0.315 e. The lowest BCUT2D eigenvalue weighted by Crippen LogP contribution is -2.46. The molecule has 150 valence electrons. The third-order valence-corrected chi connectivity index (χ3v) is 7.37. The molecule has 0 spiro atoms. The molecule has 0 radical (unpaired) electrons. The number of anilines is 1. The zero-order valence-corrected chi connectivity index (χ0v) is 17.4. The van der Waals surface area contributed by atoms with Crippen molar-refractivity contribution >= 4 is 44.8 Å². The Hall–Kier alpha value is -1.67. The monoisotopic (exact) mass is 444 g/mol. The van der Waals surface area contributed by atoms with Crippen molar-refractivity contribution < 1.29 is 17.6 Å². The zero-order valence-electron chi connectivity index (χ0n) is 15.1. The molecule has 0 N–H and O–H groups in total. The molecule has 9 heteroatoms. The molecule has 1 amide bonds. The fourth-order valence-electron chi connectivity index (χ4n) is 3.24. The number of benzene rings is 2. The minimum absolute atomic E-state index is 0.0511. The first-order valence-corrected chi connectivity index (χ1v) is 10.9. The summed E-state index contributed by atoms with van der Waals surface area (Å²) in [6.07, 6.45) is 1.12. The molecule has 0 bridgehead atoms. The molecule has 1 atom stereocenters. The van der Waals surface area contributed by atoms with Crippen LogP contribution in [0.4, 0.5) is 10.1 Å². The van der Waals surface area contributed by atoms with Gasteiger partial charge in [-0.1, -0.05) is 23.2 Å². The number of hydrogen-bond acceptors (Lipinski definition) is 3. The van der Waals surface area contributed by atoms with Crippen molar-refractivity contribution in [3.8, 4) is 0 Å². The van der Waals surface area contributed by atoms with Gasteiger partial charge >= 0.3 is 0 Å². The maximum Gasteiger partial charge on any atom is 0.244 e. The third-order valence-electron chi connectivity index (χ3n) is 4.79. The third kappa shape index (κ3) is 4.33. The molecule has 28 heavy (non-hydrogen) atoms. The van der Waals surface area contributed by atoms with Crippen LogP contribution in [0.3, 0.4) is 0 Å². The number of nitrogens with zero attached hydrogens (tertiary/aromatic N) is 2. The van der Waals surface area contributed by atoms with E-state index in [9.17, 15) is 17.6 Å². The zero-order chi connectivity index (χ0) is 20.5. The Bertz CT molecular complexity index is 983. The Balaban J connectivity index is 1.80. The second-order valence-corrected chi connectivity index (χ2v) is 9.40. The summed E-state index contributed by atoms with van der Waals surface area (Å²) in [6, 6.07) is 9.84. The lowest BCUT2D eigenvalue weighted by Gasteiger charge is -2.33. The van der Waals surface area contributed by atoms with Gasteiger partial charge in [0.1, 0.15) is 10.7 Å². The Morgan fingerprint density at radius 1 is 1.18 bits per heavy atom. The van der Waals surface area contributed by atoms with Gasteiger partial charge in [-0.25, -0.2) is 12.8 Å². The number of carbonyl (C=O) groups is 1. The van der Waals surface area contributed by atoms with Crippen LogP contribution < -0.4 is 4.90 Å². The van der Waals surface area contributed by atoms with Crippen LogP contribution in [0.1, 0.15) is 12.8 Å². The maximum atomic E-state index is 13.1. The smallest absolute Gasteiger partial charge is 0.244 e. The van der Waals surface area contributed by atoms with Crippen LogP contribution in [0.2, 0.25) is 10.0 Å². The molecule has 1 unspecified atom stereocenters. The van der Waals surface area contributed by atoms with Gasteiger partial charge in [0, 0.05) is 30.8 Å². The van der Waals surface area contributed by atoms with E-state index in [-0.39, 0.29) is 27.4 Å². The van der Waals surface area contributed by atoms with E-state index in [0.29, 0.717) is 25.1 Å². The van der Waals surface area contributed by atoms with Crippen LogP contribution in [0.25, 0.3) is 0 Å². The first kappa shape index (κ1) is 21.0. The number of piperidine rings is 1. The Morgan fingerprint density at radius 2 is 1.86 bits per heavy atom. The predicted molar refractivity (Wildman–Crippen MR) is 108 cm³/mol. The highest BCUT2D eigenvalue weighted by atomic mass is 35.5. The fraction of sp³-hybridized carbons (Fsp3) is 0.316. The van der Waals surface area contributed by atoms with Crippen LogP contribution in [-0.4, -0.2) is 38.8 Å². The summed E-state index contributed by atoms with van der Waals surface area (Å²) in [5, 5.41) is 0.352. The Labute approximate surface area is 173 Å². The molecule has 1 aliphatic heterocycles. The average molecular weight is 445 g/mol. The van der Waals surface area contributed by atoms with Gasteiger partial charge in [0.2, 0.25) is 15.9 Å². The summed E-state index contributed by atoms with van der Waals surface area (Å²) in [6.45, 7) is 0.352. The molecule has 1 aliphatic rings. The van der Waals surface area contributed by atoms with Gasteiger partial charge in [-0.05, 0) is 55.3 Å². The first-order valence-electron chi connectivity index (χ1n) is 8.68. The molecular formula is C19H19Cl2FN2O3S. The minimum Gasteiger partial charge on any atom is -0.315 e. The lowest BCUT2D eigenvalue weighted by molar-refractivity contribution is -0.123. The summed E-state index contributed by atoms with van der Waals surface area (Å²) in [7, 11) is -2.29. The van der Waals surface area contributed by atoms with E-state index < -0.39 is 21.8 Å². The second-order valence-electron chi connectivity index (χ2n) is 6.65. The SMILES string of the molecule is CN(C(=O)C1CCCN(S(=O)(=O)c2cc(Cl)ccc2Cl)C1)c1ccc(F)cc1. The minimum atomic E-state index is -3.88. The number of carbonyl (C=O) groups excluding carboxylic acids is 1. The molecule has 1 fully saturated rings. The molecule has 2 aromatic rings. The maximum absolute atomic E-state index is 13.1.